The quantitative estimate of drug-likeness (QED) is 0.451. The summed E-state index contributed by atoms with van der Waals surface area (Å²) >= 11 is 12.0. The Morgan fingerprint density at radius 1 is 1.00 bits per heavy atom. The van der Waals surface area contributed by atoms with Crippen molar-refractivity contribution in [2.24, 2.45) is 10.2 Å². The van der Waals surface area contributed by atoms with E-state index in [0.29, 0.717) is 5.17 Å². The molecule has 0 fully saturated rings. The fraction of sp³-hybridized carbons (Fsp3) is 0. The molecule has 0 amide bonds. The number of hydrogen-bond donors (Lipinski definition) is 0. The molecule has 0 atom stereocenters. The summed E-state index contributed by atoms with van der Waals surface area (Å²) in [6.07, 6.45) is 10.0. The summed E-state index contributed by atoms with van der Waals surface area (Å²) in [5.41, 5.74) is 1.57. The van der Waals surface area contributed by atoms with E-state index in [1.807, 2.05) is 30.3 Å². The van der Waals surface area contributed by atoms with Crippen LogP contribution >= 0.6 is 23.2 Å². The second kappa shape index (κ2) is 6.27. The van der Waals surface area contributed by atoms with Crippen LogP contribution in [0.2, 0.25) is 0 Å². The molecule has 0 heterocycles. The number of halogens is 2. The third-order valence-corrected chi connectivity index (χ3v) is 2.78. The van der Waals surface area contributed by atoms with Gasteiger partial charge in [0.25, 0.3) is 0 Å². The van der Waals surface area contributed by atoms with Crippen LogP contribution in [0.4, 0.5) is 0 Å². The van der Waals surface area contributed by atoms with E-state index < -0.39 is 0 Å². The average Bonchev–Trinajstić information content (AvgIpc) is 2.46. The van der Waals surface area contributed by atoms with Crippen LogP contribution in [-0.4, -0.2) is 10.3 Å². The van der Waals surface area contributed by atoms with Crippen molar-refractivity contribution in [1.82, 2.24) is 0 Å². The molecule has 1 aromatic rings. The highest BCUT2D eigenvalue weighted by Gasteiger charge is 2.08. The lowest BCUT2D eigenvalue weighted by Crippen LogP contribution is -1.94. The van der Waals surface area contributed by atoms with Gasteiger partial charge in [0.15, 0.2) is 10.3 Å². The highest BCUT2D eigenvalue weighted by molar-refractivity contribution is 6.71. The first-order chi connectivity index (χ1) is 8.77. The van der Waals surface area contributed by atoms with E-state index in [0.717, 1.165) is 11.1 Å². The van der Waals surface area contributed by atoms with Gasteiger partial charge in [-0.15, -0.1) is 10.2 Å². The molecule has 1 aromatic carbocycles. The van der Waals surface area contributed by atoms with E-state index in [2.05, 4.69) is 16.3 Å². The molecule has 0 spiro atoms. The zero-order chi connectivity index (χ0) is 12.8. The SMILES string of the molecule is Cl/C(=N/N=C(/Cl)c1ccccc1)C1=CC=[C+]C=C1. The third kappa shape index (κ3) is 3.38. The standard InChI is InChI=1S/C14H9Cl2N2/c15-13(11-7-3-1-4-8-11)17-18-14(16)12-9-5-2-6-10-12/h1,3-10H/q+1/b17-13+,18-14+. The Hall–Kier alpha value is -1.73. The lowest BCUT2D eigenvalue weighted by Gasteiger charge is -1.95. The van der Waals surface area contributed by atoms with Crippen molar-refractivity contribution in [2.75, 3.05) is 0 Å². The summed E-state index contributed by atoms with van der Waals surface area (Å²) in [5, 5.41) is 8.39. The van der Waals surface area contributed by atoms with Gasteiger partial charge in [-0.25, -0.2) is 0 Å². The number of allylic oxidation sites excluding steroid dienone is 6. The van der Waals surface area contributed by atoms with Crippen LogP contribution in [0.3, 0.4) is 0 Å². The number of nitrogens with zero attached hydrogens (tertiary/aromatic N) is 2. The van der Waals surface area contributed by atoms with Crippen LogP contribution in [0.5, 0.6) is 0 Å². The Balaban J connectivity index is 2.17. The van der Waals surface area contributed by atoms with Crippen LogP contribution < -0.4 is 0 Å². The van der Waals surface area contributed by atoms with Crippen molar-refractivity contribution in [3.8, 4) is 0 Å². The third-order valence-electron chi connectivity index (χ3n) is 2.19. The largest absolute Gasteiger partial charge is 0.185 e. The molecule has 88 valence electrons. The predicted octanol–water partition coefficient (Wildman–Crippen LogP) is 4.08. The first-order valence-corrected chi connectivity index (χ1v) is 6.01. The molecule has 4 heteroatoms. The van der Waals surface area contributed by atoms with E-state index in [4.69, 9.17) is 23.2 Å². The topological polar surface area (TPSA) is 24.7 Å². The summed E-state index contributed by atoms with van der Waals surface area (Å²) in [6.45, 7) is 0. The molecule has 0 N–H and O–H groups in total. The van der Waals surface area contributed by atoms with Crippen molar-refractivity contribution in [3.63, 3.8) is 0 Å². The zero-order valence-electron chi connectivity index (χ0n) is 9.35. The van der Waals surface area contributed by atoms with Crippen LogP contribution in [0.1, 0.15) is 5.56 Å². The maximum atomic E-state index is 6.02. The van der Waals surface area contributed by atoms with Gasteiger partial charge in [-0.1, -0.05) is 53.5 Å². The monoisotopic (exact) mass is 275 g/mol. The van der Waals surface area contributed by atoms with E-state index in [9.17, 15) is 0 Å². The van der Waals surface area contributed by atoms with E-state index >= 15 is 0 Å². The number of hydrogen-bond acceptors (Lipinski definition) is 2. The highest BCUT2D eigenvalue weighted by Crippen LogP contribution is 2.11. The number of benzene rings is 1. The molecule has 2 nitrogen and oxygen atoms in total. The summed E-state index contributed by atoms with van der Waals surface area (Å²) < 4.78 is 0. The van der Waals surface area contributed by atoms with Crippen molar-refractivity contribution in [3.05, 3.63) is 71.8 Å². The van der Waals surface area contributed by atoms with Gasteiger partial charge < -0.3 is 0 Å². The Labute approximate surface area is 116 Å². The van der Waals surface area contributed by atoms with Crippen molar-refractivity contribution in [2.45, 2.75) is 0 Å². The fourth-order valence-corrected chi connectivity index (χ4v) is 1.63. The minimum absolute atomic E-state index is 0.290. The second-order valence-corrected chi connectivity index (χ2v) is 4.15. The van der Waals surface area contributed by atoms with Crippen LogP contribution in [0.25, 0.3) is 0 Å². The lowest BCUT2D eigenvalue weighted by molar-refractivity contribution is 1.25. The highest BCUT2D eigenvalue weighted by atomic mass is 35.5. The Kier molecular flexibility index (Phi) is 4.43. The van der Waals surface area contributed by atoms with E-state index in [1.165, 1.54) is 0 Å². The molecule has 0 saturated carbocycles. The minimum Gasteiger partial charge on any atom is -0.136 e. The Bertz CT molecular complexity index is 567. The fourth-order valence-electron chi connectivity index (χ4n) is 1.30. The van der Waals surface area contributed by atoms with Gasteiger partial charge in [-0.2, -0.15) is 0 Å². The van der Waals surface area contributed by atoms with Gasteiger partial charge in [-0.05, 0) is 0 Å². The maximum absolute atomic E-state index is 6.02. The van der Waals surface area contributed by atoms with Crippen molar-refractivity contribution in [1.29, 1.82) is 0 Å². The van der Waals surface area contributed by atoms with Crippen molar-refractivity contribution < 1.29 is 0 Å². The molecule has 1 aliphatic carbocycles. The summed E-state index contributed by atoms with van der Waals surface area (Å²) in [5.74, 6) is 0. The van der Waals surface area contributed by atoms with Gasteiger partial charge in [0.2, 0.25) is 0 Å². The first-order valence-electron chi connectivity index (χ1n) is 5.26. The van der Waals surface area contributed by atoms with Crippen molar-refractivity contribution >= 4 is 33.5 Å². The zero-order valence-corrected chi connectivity index (χ0v) is 10.9. The van der Waals surface area contributed by atoms with Gasteiger partial charge in [0.1, 0.15) is 17.7 Å². The predicted molar refractivity (Wildman–Crippen MR) is 77.2 cm³/mol. The van der Waals surface area contributed by atoms with Gasteiger partial charge in [0.05, 0.1) is 12.2 Å². The van der Waals surface area contributed by atoms with E-state index in [1.54, 1.807) is 24.3 Å². The molecule has 0 saturated heterocycles. The normalized spacial score (nSPS) is 15.3. The van der Waals surface area contributed by atoms with Gasteiger partial charge in [-0.3, -0.25) is 0 Å². The molecular weight excluding hydrogens is 267 g/mol. The van der Waals surface area contributed by atoms with Crippen LogP contribution in [0.15, 0.2) is 70.4 Å². The summed E-state index contributed by atoms with van der Waals surface area (Å²) in [6, 6.07) is 9.38. The molecule has 0 radical (unpaired) electrons. The maximum Gasteiger partial charge on any atom is 0.185 e. The molecule has 2 rings (SSSR count). The smallest absolute Gasteiger partial charge is 0.136 e. The molecule has 18 heavy (non-hydrogen) atoms. The Morgan fingerprint density at radius 2 is 1.72 bits per heavy atom. The van der Waals surface area contributed by atoms with Gasteiger partial charge >= 0.3 is 0 Å². The summed E-state index contributed by atoms with van der Waals surface area (Å²) in [4.78, 5) is 0. The van der Waals surface area contributed by atoms with Crippen LogP contribution in [-0.2, 0) is 0 Å². The van der Waals surface area contributed by atoms with Crippen LogP contribution in [0, 0.1) is 6.08 Å². The molecule has 0 unspecified atom stereocenters. The van der Waals surface area contributed by atoms with E-state index in [-0.39, 0.29) is 5.17 Å². The average molecular weight is 276 g/mol. The molecule has 1 aliphatic rings. The lowest BCUT2D eigenvalue weighted by atomic mass is 10.2. The second-order valence-electron chi connectivity index (χ2n) is 3.44. The van der Waals surface area contributed by atoms with Gasteiger partial charge in [0, 0.05) is 11.6 Å². The first kappa shape index (κ1) is 12.7. The molecule has 0 aliphatic heterocycles. The number of rotatable bonds is 3. The molecule has 0 bridgehead atoms. The minimum atomic E-state index is 0.290. The molecular formula is C14H9Cl2N2+. The Morgan fingerprint density at radius 3 is 2.39 bits per heavy atom. The summed E-state index contributed by atoms with van der Waals surface area (Å²) in [7, 11) is 0. The molecule has 0 aromatic heterocycles.